The SMILES string of the molecule is CCCN(CCC)C(=O)NCC#N. The molecule has 0 rings (SSSR count). The summed E-state index contributed by atoms with van der Waals surface area (Å²) in [5.41, 5.74) is 0. The minimum atomic E-state index is -0.134. The number of urea groups is 1. The zero-order chi connectivity index (χ0) is 10.1. The summed E-state index contributed by atoms with van der Waals surface area (Å²) in [6.07, 6.45) is 1.89. The van der Waals surface area contributed by atoms with Crippen LogP contribution >= 0.6 is 0 Å². The van der Waals surface area contributed by atoms with Crippen molar-refractivity contribution in [3.05, 3.63) is 0 Å². The van der Waals surface area contributed by atoms with Gasteiger partial charge in [-0.15, -0.1) is 0 Å². The van der Waals surface area contributed by atoms with E-state index in [1.807, 2.05) is 19.9 Å². The Kier molecular flexibility index (Phi) is 6.70. The van der Waals surface area contributed by atoms with Gasteiger partial charge in [-0.3, -0.25) is 0 Å². The molecule has 0 saturated heterocycles. The Morgan fingerprint density at radius 2 is 1.92 bits per heavy atom. The van der Waals surface area contributed by atoms with Gasteiger partial charge >= 0.3 is 6.03 Å². The first-order valence-electron chi connectivity index (χ1n) is 4.66. The van der Waals surface area contributed by atoms with Crippen molar-refractivity contribution in [1.82, 2.24) is 10.2 Å². The van der Waals surface area contributed by atoms with Crippen LogP contribution < -0.4 is 5.32 Å². The van der Waals surface area contributed by atoms with E-state index in [1.54, 1.807) is 4.90 Å². The molecule has 0 spiro atoms. The molecule has 4 heteroatoms. The summed E-state index contributed by atoms with van der Waals surface area (Å²) in [6.45, 7) is 5.65. The monoisotopic (exact) mass is 183 g/mol. The molecule has 1 N–H and O–H groups in total. The molecule has 4 nitrogen and oxygen atoms in total. The van der Waals surface area contributed by atoms with E-state index in [0.717, 1.165) is 25.9 Å². The molecule has 0 aromatic carbocycles. The minimum absolute atomic E-state index is 0.0861. The minimum Gasteiger partial charge on any atom is -0.325 e. The number of nitrogens with zero attached hydrogens (tertiary/aromatic N) is 2. The van der Waals surface area contributed by atoms with Crippen LogP contribution in [0, 0.1) is 11.3 Å². The largest absolute Gasteiger partial charge is 0.325 e. The fourth-order valence-corrected chi connectivity index (χ4v) is 1.08. The predicted molar refractivity (Wildman–Crippen MR) is 51.2 cm³/mol. The third-order valence-corrected chi connectivity index (χ3v) is 1.59. The van der Waals surface area contributed by atoms with Gasteiger partial charge in [0.1, 0.15) is 6.54 Å². The second kappa shape index (κ2) is 7.41. The average Bonchev–Trinajstić information content (AvgIpc) is 2.14. The summed E-state index contributed by atoms with van der Waals surface area (Å²) in [7, 11) is 0. The summed E-state index contributed by atoms with van der Waals surface area (Å²) >= 11 is 0. The topological polar surface area (TPSA) is 56.1 Å². The number of nitrogens with one attached hydrogen (secondary N) is 1. The number of hydrogen-bond acceptors (Lipinski definition) is 2. The number of carbonyl (C=O) groups excluding carboxylic acids is 1. The highest BCUT2D eigenvalue weighted by Crippen LogP contribution is 1.94. The van der Waals surface area contributed by atoms with E-state index in [-0.39, 0.29) is 12.6 Å². The lowest BCUT2D eigenvalue weighted by Gasteiger charge is -2.20. The van der Waals surface area contributed by atoms with Gasteiger partial charge in [0.15, 0.2) is 0 Å². The van der Waals surface area contributed by atoms with E-state index in [2.05, 4.69) is 5.32 Å². The van der Waals surface area contributed by atoms with Crippen molar-refractivity contribution >= 4 is 6.03 Å². The molecule has 74 valence electrons. The van der Waals surface area contributed by atoms with Crippen LogP contribution in [-0.2, 0) is 0 Å². The van der Waals surface area contributed by atoms with Crippen molar-refractivity contribution in [3.8, 4) is 6.07 Å². The van der Waals surface area contributed by atoms with Crippen LogP contribution in [0.25, 0.3) is 0 Å². The fourth-order valence-electron chi connectivity index (χ4n) is 1.08. The average molecular weight is 183 g/mol. The first-order valence-corrected chi connectivity index (χ1v) is 4.66. The third kappa shape index (κ3) is 5.07. The zero-order valence-electron chi connectivity index (χ0n) is 8.34. The van der Waals surface area contributed by atoms with E-state index < -0.39 is 0 Å². The molecule has 0 atom stereocenters. The number of hydrogen-bond donors (Lipinski definition) is 1. The van der Waals surface area contributed by atoms with Gasteiger partial charge in [-0.05, 0) is 12.8 Å². The smallest absolute Gasteiger partial charge is 0.318 e. The second-order valence-electron chi connectivity index (χ2n) is 2.80. The van der Waals surface area contributed by atoms with E-state index >= 15 is 0 Å². The van der Waals surface area contributed by atoms with Gasteiger partial charge < -0.3 is 10.2 Å². The van der Waals surface area contributed by atoms with Gasteiger partial charge in [-0.25, -0.2) is 4.79 Å². The lowest BCUT2D eigenvalue weighted by Crippen LogP contribution is -2.40. The maximum absolute atomic E-state index is 11.3. The van der Waals surface area contributed by atoms with Gasteiger partial charge in [0.2, 0.25) is 0 Å². The van der Waals surface area contributed by atoms with Gasteiger partial charge in [0.25, 0.3) is 0 Å². The summed E-state index contributed by atoms with van der Waals surface area (Å²) < 4.78 is 0. The van der Waals surface area contributed by atoms with Crippen LogP contribution in [0.5, 0.6) is 0 Å². The van der Waals surface area contributed by atoms with Crippen LogP contribution in [0.1, 0.15) is 26.7 Å². The summed E-state index contributed by atoms with van der Waals surface area (Å²) in [4.78, 5) is 13.1. The van der Waals surface area contributed by atoms with E-state index in [4.69, 9.17) is 5.26 Å². The Morgan fingerprint density at radius 1 is 1.38 bits per heavy atom. The van der Waals surface area contributed by atoms with Gasteiger partial charge in [0.05, 0.1) is 6.07 Å². The molecule has 0 aliphatic carbocycles. The normalized spacial score (nSPS) is 9.00. The molecular formula is C9H17N3O. The molecule has 0 aromatic rings. The van der Waals surface area contributed by atoms with Crippen molar-refractivity contribution in [2.24, 2.45) is 0 Å². The van der Waals surface area contributed by atoms with E-state index in [1.165, 1.54) is 0 Å². The summed E-state index contributed by atoms with van der Waals surface area (Å²) in [5.74, 6) is 0. The molecule has 2 amide bonds. The number of nitriles is 1. The predicted octanol–water partition coefficient (Wildman–Crippen LogP) is 1.34. The van der Waals surface area contributed by atoms with Crippen molar-refractivity contribution < 1.29 is 4.79 Å². The van der Waals surface area contributed by atoms with Crippen molar-refractivity contribution in [3.63, 3.8) is 0 Å². The van der Waals surface area contributed by atoms with Crippen molar-refractivity contribution in [1.29, 1.82) is 5.26 Å². The summed E-state index contributed by atoms with van der Waals surface area (Å²) in [6, 6.07) is 1.75. The Hall–Kier alpha value is -1.24. The first kappa shape index (κ1) is 11.8. The number of amides is 2. The van der Waals surface area contributed by atoms with Crippen molar-refractivity contribution in [2.75, 3.05) is 19.6 Å². The standard InChI is InChI=1S/C9H17N3O/c1-3-7-12(8-4-2)9(13)11-6-5-10/h3-4,6-8H2,1-2H3,(H,11,13). The quantitative estimate of drug-likeness (QED) is 0.654. The maximum Gasteiger partial charge on any atom is 0.318 e. The van der Waals surface area contributed by atoms with Gasteiger partial charge in [-0.2, -0.15) is 5.26 Å². The summed E-state index contributed by atoms with van der Waals surface area (Å²) in [5, 5.41) is 10.8. The molecule has 0 aliphatic rings. The molecular weight excluding hydrogens is 166 g/mol. The van der Waals surface area contributed by atoms with Crippen LogP contribution in [0.15, 0.2) is 0 Å². The lowest BCUT2D eigenvalue weighted by atomic mass is 10.4. The van der Waals surface area contributed by atoms with Crippen LogP contribution in [-0.4, -0.2) is 30.6 Å². The van der Waals surface area contributed by atoms with Crippen LogP contribution in [0.4, 0.5) is 4.79 Å². The highest BCUT2D eigenvalue weighted by Gasteiger charge is 2.09. The molecule has 0 fully saturated rings. The molecule has 0 aromatic heterocycles. The molecule has 0 aliphatic heterocycles. The maximum atomic E-state index is 11.3. The van der Waals surface area contributed by atoms with E-state index in [9.17, 15) is 4.79 Å². The third-order valence-electron chi connectivity index (χ3n) is 1.59. The van der Waals surface area contributed by atoms with Crippen molar-refractivity contribution in [2.45, 2.75) is 26.7 Å². The molecule has 13 heavy (non-hydrogen) atoms. The lowest BCUT2D eigenvalue weighted by molar-refractivity contribution is 0.199. The Balaban J connectivity index is 3.88. The highest BCUT2D eigenvalue weighted by atomic mass is 16.2. The molecule has 0 unspecified atom stereocenters. The Labute approximate surface area is 79.5 Å². The molecule has 0 heterocycles. The number of rotatable bonds is 5. The Morgan fingerprint density at radius 3 is 2.31 bits per heavy atom. The Bertz CT molecular complexity index is 180. The van der Waals surface area contributed by atoms with E-state index in [0.29, 0.717) is 0 Å². The number of carbonyl (C=O) groups is 1. The van der Waals surface area contributed by atoms with Crippen LogP contribution in [0.3, 0.4) is 0 Å². The fraction of sp³-hybridized carbons (Fsp3) is 0.778. The zero-order valence-corrected chi connectivity index (χ0v) is 8.34. The van der Waals surface area contributed by atoms with Gasteiger partial charge in [0, 0.05) is 13.1 Å². The highest BCUT2D eigenvalue weighted by molar-refractivity contribution is 5.74. The molecule has 0 bridgehead atoms. The molecule has 0 saturated carbocycles. The first-order chi connectivity index (χ1) is 6.26. The molecule has 0 radical (unpaired) electrons. The van der Waals surface area contributed by atoms with Crippen LogP contribution in [0.2, 0.25) is 0 Å². The van der Waals surface area contributed by atoms with Gasteiger partial charge in [-0.1, -0.05) is 13.8 Å². The second-order valence-corrected chi connectivity index (χ2v) is 2.80.